The highest BCUT2D eigenvalue weighted by Crippen LogP contribution is 2.44. The van der Waals surface area contributed by atoms with Gasteiger partial charge in [0, 0.05) is 50.7 Å². The number of amides is 1. The molecule has 0 fully saturated rings. The van der Waals surface area contributed by atoms with Crippen molar-refractivity contribution in [1.29, 1.82) is 0 Å². The van der Waals surface area contributed by atoms with Gasteiger partial charge in [-0.2, -0.15) is 0 Å². The number of likely N-dealkylation sites (N-methyl/N-ethyl adjacent to an activating group) is 1. The van der Waals surface area contributed by atoms with Crippen LogP contribution in [0.3, 0.4) is 0 Å². The van der Waals surface area contributed by atoms with Crippen LogP contribution >= 0.6 is 0 Å². The number of anilines is 1. The van der Waals surface area contributed by atoms with Crippen molar-refractivity contribution in [3.63, 3.8) is 0 Å². The zero-order chi connectivity index (χ0) is 26.4. The third-order valence-electron chi connectivity index (χ3n) is 5.90. The molecule has 0 bridgehead atoms. The molecule has 0 aliphatic carbocycles. The molecule has 36 heavy (non-hydrogen) atoms. The zero-order valence-corrected chi connectivity index (χ0v) is 22.1. The van der Waals surface area contributed by atoms with Crippen molar-refractivity contribution < 1.29 is 23.4 Å². The molecule has 2 aromatic carbocycles. The Labute approximate surface area is 212 Å². The minimum Gasteiger partial charge on any atom is -0.493 e. The number of ether oxygens (including phenoxy) is 3. The summed E-state index contributed by atoms with van der Waals surface area (Å²) < 4.78 is 30.1. The van der Waals surface area contributed by atoms with E-state index in [-0.39, 0.29) is 18.1 Å². The minimum absolute atomic E-state index is 0.0486. The molecule has 3 aromatic rings. The van der Waals surface area contributed by atoms with Crippen LogP contribution in [0.25, 0.3) is 10.9 Å². The van der Waals surface area contributed by atoms with E-state index in [1.807, 2.05) is 55.0 Å². The summed E-state index contributed by atoms with van der Waals surface area (Å²) in [7, 11) is 12.5. The first-order valence-electron chi connectivity index (χ1n) is 11.6. The van der Waals surface area contributed by atoms with Crippen molar-refractivity contribution in [3.05, 3.63) is 53.3 Å². The maximum absolute atomic E-state index is 13.4. The fraction of sp³-hybridized carbons (Fsp3) is 0.407. The Kier molecular flexibility index (Phi) is 8.93. The summed E-state index contributed by atoms with van der Waals surface area (Å²) in [5.74, 6) is 1.88. The quantitative estimate of drug-likeness (QED) is 0.400. The molecule has 0 aliphatic heterocycles. The zero-order valence-electron chi connectivity index (χ0n) is 22.1. The number of fused-ring (bicyclic) bond motifs is 1. The smallest absolute Gasteiger partial charge is 0.227 e. The van der Waals surface area contributed by atoms with Crippen molar-refractivity contribution in [2.45, 2.75) is 13.0 Å². The number of rotatable bonds is 11. The SMILES string of the molecule is COc1cc2nc(N(C)C)c(CN(CCN(C)C)C(=O)Cc3ccc(F)cc3)cc2c(OC)c1OC. The third-order valence-corrected chi connectivity index (χ3v) is 5.90. The second-order valence-corrected chi connectivity index (χ2v) is 9.00. The number of nitrogens with zero attached hydrogens (tertiary/aromatic N) is 4. The summed E-state index contributed by atoms with van der Waals surface area (Å²) in [6.45, 7) is 1.57. The maximum Gasteiger partial charge on any atom is 0.227 e. The molecule has 0 N–H and O–H groups in total. The number of carbonyl (C=O) groups is 1. The number of hydrogen-bond donors (Lipinski definition) is 0. The van der Waals surface area contributed by atoms with E-state index in [2.05, 4.69) is 0 Å². The highest BCUT2D eigenvalue weighted by Gasteiger charge is 2.22. The van der Waals surface area contributed by atoms with E-state index in [0.29, 0.717) is 42.4 Å². The maximum atomic E-state index is 13.4. The van der Waals surface area contributed by atoms with Crippen molar-refractivity contribution in [1.82, 2.24) is 14.8 Å². The van der Waals surface area contributed by atoms with Gasteiger partial charge in [0.15, 0.2) is 11.5 Å². The van der Waals surface area contributed by atoms with Gasteiger partial charge in [-0.15, -0.1) is 0 Å². The Balaban J connectivity index is 2.06. The lowest BCUT2D eigenvalue weighted by Gasteiger charge is -2.27. The van der Waals surface area contributed by atoms with E-state index in [1.54, 1.807) is 33.5 Å². The Bertz CT molecular complexity index is 1200. The number of carbonyl (C=O) groups excluding carboxylic acids is 1. The van der Waals surface area contributed by atoms with E-state index in [0.717, 1.165) is 22.3 Å². The van der Waals surface area contributed by atoms with E-state index >= 15 is 0 Å². The average Bonchev–Trinajstić information content (AvgIpc) is 2.85. The van der Waals surface area contributed by atoms with Crippen molar-refractivity contribution in [3.8, 4) is 17.2 Å². The Hall–Kier alpha value is -3.59. The lowest BCUT2D eigenvalue weighted by Crippen LogP contribution is -2.37. The summed E-state index contributed by atoms with van der Waals surface area (Å²) in [4.78, 5) is 24.0. The molecule has 1 heterocycles. The van der Waals surface area contributed by atoms with Crippen LogP contribution in [-0.4, -0.2) is 83.3 Å². The number of aromatic nitrogens is 1. The molecule has 194 valence electrons. The molecule has 8 nitrogen and oxygen atoms in total. The number of pyridine rings is 1. The normalized spacial score (nSPS) is 11.0. The van der Waals surface area contributed by atoms with Crippen LogP contribution in [-0.2, 0) is 17.8 Å². The monoisotopic (exact) mass is 498 g/mol. The first-order valence-corrected chi connectivity index (χ1v) is 11.6. The van der Waals surface area contributed by atoms with Crippen molar-refractivity contribution >= 4 is 22.6 Å². The van der Waals surface area contributed by atoms with Gasteiger partial charge >= 0.3 is 0 Å². The van der Waals surface area contributed by atoms with Gasteiger partial charge in [-0.1, -0.05) is 12.1 Å². The molecule has 0 radical (unpaired) electrons. The first kappa shape index (κ1) is 27.0. The molecule has 0 aliphatic rings. The van der Waals surface area contributed by atoms with Gasteiger partial charge in [-0.05, 0) is 37.9 Å². The summed E-state index contributed by atoms with van der Waals surface area (Å²) in [5.41, 5.74) is 2.32. The standard InChI is InChI=1S/C27H35FN4O4/c1-30(2)12-13-32(24(33)14-18-8-10-20(28)11-9-18)17-19-15-21-22(29-27(19)31(3)4)16-23(34-5)26(36-7)25(21)35-6/h8-11,15-16H,12-14,17H2,1-7H3. The van der Waals surface area contributed by atoms with E-state index in [4.69, 9.17) is 19.2 Å². The van der Waals surface area contributed by atoms with Crippen LogP contribution in [0.1, 0.15) is 11.1 Å². The second-order valence-electron chi connectivity index (χ2n) is 9.00. The fourth-order valence-electron chi connectivity index (χ4n) is 4.03. The van der Waals surface area contributed by atoms with Gasteiger partial charge in [0.05, 0.1) is 33.3 Å². The second kappa shape index (κ2) is 11.9. The van der Waals surface area contributed by atoms with Crippen LogP contribution in [0.5, 0.6) is 17.2 Å². The van der Waals surface area contributed by atoms with Gasteiger partial charge in [-0.25, -0.2) is 9.37 Å². The third kappa shape index (κ3) is 6.15. The van der Waals surface area contributed by atoms with Gasteiger partial charge in [-0.3, -0.25) is 4.79 Å². The first-order chi connectivity index (χ1) is 17.2. The van der Waals surface area contributed by atoms with Gasteiger partial charge in [0.1, 0.15) is 11.6 Å². The molecule has 1 amide bonds. The van der Waals surface area contributed by atoms with E-state index < -0.39 is 0 Å². The largest absolute Gasteiger partial charge is 0.493 e. The molecule has 0 atom stereocenters. The summed E-state index contributed by atoms with van der Waals surface area (Å²) in [5, 5.41) is 0.759. The molecule has 1 aromatic heterocycles. The van der Waals surface area contributed by atoms with Crippen LogP contribution < -0.4 is 19.1 Å². The number of methoxy groups -OCH3 is 3. The number of benzene rings is 2. The molecule has 0 unspecified atom stereocenters. The summed E-state index contributed by atoms with van der Waals surface area (Å²) in [6.07, 6.45) is 0.181. The molecular weight excluding hydrogens is 463 g/mol. The average molecular weight is 499 g/mol. The van der Waals surface area contributed by atoms with Gasteiger partial charge in [0.2, 0.25) is 11.7 Å². The fourth-order valence-corrected chi connectivity index (χ4v) is 4.03. The molecule has 0 saturated carbocycles. The van der Waals surface area contributed by atoms with Crippen molar-refractivity contribution in [2.24, 2.45) is 0 Å². The lowest BCUT2D eigenvalue weighted by atomic mass is 10.1. The van der Waals surface area contributed by atoms with E-state index in [9.17, 15) is 9.18 Å². The van der Waals surface area contributed by atoms with Crippen LogP contribution in [0.15, 0.2) is 36.4 Å². The van der Waals surface area contributed by atoms with Crippen molar-refractivity contribution in [2.75, 3.05) is 67.5 Å². The van der Waals surface area contributed by atoms with Crippen LogP contribution in [0.2, 0.25) is 0 Å². The summed E-state index contributed by atoms with van der Waals surface area (Å²) >= 11 is 0. The molecule has 3 rings (SSSR count). The van der Waals surface area contributed by atoms with Gasteiger partial charge < -0.3 is 28.9 Å². The summed E-state index contributed by atoms with van der Waals surface area (Å²) in [6, 6.07) is 9.84. The van der Waals surface area contributed by atoms with Gasteiger partial charge in [0.25, 0.3) is 0 Å². The molecular formula is C27H35FN4O4. The lowest BCUT2D eigenvalue weighted by molar-refractivity contribution is -0.131. The Morgan fingerprint density at radius 1 is 0.917 bits per heavy atom. The molecule has 0 saturated heterocycles. The predicted octanol–water partition coefficient (Wildman–Crippen LogP) is 3.60. The van der Waals surface area contributed by atoms with Crippen LogP contribution in [0, 0.1) is 5.82 Å². The highest BCUT2D eigenvalue weighted by molar-refractivity contribution is 5.92. The number of hydrogen-bond acceptors (Lipinski definition) is 7. The van der Waals surface area contributed by atoms with Crippen LogP contribution in [0.4, 0.5) is 10.2 Å². The Morgan fingerprint density at radius 3 is 2.14 bits per heavy atom. The Morgan fingerprint density at radius 2 is 1.58 bits per heavy atom. The molecule has 9 heteroatoms. The highest BCUT2D eigenvalue weighted by atomic mass is 19.1. The number of halogens is 1. The molecule has 0 spiro atoms. The predicted molar refractivity (Wildman–Crippen MR) is 140 cm³/mol. The minimum atomic E-state index is -0.325. The topological polar surface area (TPSA) is 67.4 Å². The van der Waals surface area contributed by atoms with E-state index in [1.165, 1.54) is 12.1 Å².